The van der Waals surface area contributed by atoms with Crippen molar-refractivity contribution in [1.82, 2.24) is 9.61 Å². The lowest BCUT2D eigenvalue weighted by Crippen LogP contribution is -2.13. The van der Waals surface area contributed by atoms with Crippen LogP contribution in [-0.4, -0.2) is 15.5 Å². The first-order valence-corrected chi connectivity index (χ1v) is 5.84. The number of aromatic nitrogens is 2. The summed E-state index contributed by atoms with van der Waals surface area (Å²) in [6, 6.07) is 10.2. The number of amides is 1. The zero-order valence-electron chi connectivity index (χ0n) is 10.2. The minimum Gasteiger partial charge on any atom is -0.320 e. The molecular formula is C14H9F2N3O. The van der Waals surface area contributed by atoms with Gasteiger partial charge in [-0.25, -0.2) is 13.3 Å². The molecule has 3 aromatic rings. The van der Waals surface area contributed by atoms with Gasteiger partial charge in [0.15, 0.2) is 17.3 Å². The summed E-state index contributed by atoms with van der Waals surface area (Å²) in [6.07, 6.45) is 1.71. The van der Waals surface area contributed by atoms with E-state index in [4.69, 9.17) is 0 Å². The first-order chi connectivity index (χ1) is 9.63. The molecule has 2 aromatic heterocycles. The van der Waals surface area contributed by atoms with Gasteiger partial charge >= 0.3 is 0 Å². The number of hydrogen-bond acceptors (Lipinski definition) is 2. The first kappa shape index (κ1) is 12.3. The minimum absolute atomic E-state index is 0.172. The molecule has 1 aromatic carbocycles. The van der Waals surface area contributed by atoms with Crippen molar-refractivity contribution in [2.75, 3.05) is 5.32 Å². The van der Waals surface area contributed by atoms with Gasteiger partial charge in [-0.15, -0.1) is 0 Å². The normalized spacial score (nSPS) is 10.7. The summed E-state index contributed by atoms with van der Waals surface area (Å²) in [5.41, 5.74) is 1.13. The summed E-state index contributed by atoms with van der Waals surface area (Å²) in [4.78, 5) is 12.0. The van der Waals surface area contributed by atoms with E-state index in [2.05, 4.69) is 10.4 Å². The number of rotatable bonds is 2. The molecule has 0 saturated carbocycles. The Kier molecular flexibility index (Phi) is 2.90. The number of carbonyl (C=O) groups is 1. The Morgan fingerprint density at radius 2 is 1.95 bits per heavy atom. The third kappa shape index (κ3) is 2.23. The molecule has 0 aliphatic heterocycles. The molecule has 2 heterocycles. The maximum Gasteiger partial charge on any atom is 0.276 e. The van der Waals surface area contributed by atoms with Crippen LogP contribution in [0.4, 0.5) is 14.5 Å². The third-order valence-electron chi connectivity index (χ3n) is 2.78. The van der Waals surface area contributed by atoms with Gasteiger partial charge in [0.25, 0.3) is 5.91 Å². The highest BCUT2D eigenvalue weighted by atomic mass is 19.2. The lowest BCUT2D eigenvalue weighted by molar-refractivity contribution is 0.102. The van der Waals surface area contributed by atoms with Crippen LogP contribution in [0.1, 0.15) is 10.5 Å². The number of halogens is 2. The highest BCUT2D eigenvalue weighted by Crippen LogP contribution is 2.14. The van der Waals surface area contributed by atoms with Gasteiger partial charge in [0, 0.05) is 18.0 Å². The molecule has 0 bridgehead atoms. The van der Waals surface area contributed by atoms with E-state index < -0.39 is 17.5 Å². The Labute approximate surface area is 112 Å². The fourth-order valence-electron chi connectivity index (χ4n) is 1.82. The molecule has 6 heteroatoms. The number of hydrogen-bond donors (Lipinski definition) is 1. The summed E-state index contributed by atoms with van der Waals surface area (Å²) >= 11 is 0. The average molecular weight is 273 g/mol. The summed E-state index contributed by atoms with van der Waals surface area (Å²) in [5, 5.41) is 6.55. The number of carbonyl (C=O) groups excluding carboxylic acids is 1. The number of pyridine rings is 1. The maximum atomic E-state index is 13.1. The van der Waals surface area contributed by atoms with E-state index in [1.807, 2.05) is 6.07 Å². The van der Waals surface area contributed by atoms with Crippen LogP contribution in [-0.2, 0) is 0 Å². The van der Waals surface area contributed by atoms with Crippen LogP contribution in [0, 0.1) is 11.6 Å². The fraction of sp³-hybridized carbons (Fsp3) is 0. The van der Waals surface area contributed by atoms with Crippen LogP contribution in [0.5, 0.6) is 0 Å². The predicted molar refractivity (Wildman–Crippen MR) is 69.5 cm³/mol. The van der Waals surface area contributed by atoms with Gasteiger partial charge < -0.3 is 5.32 Å². The van der Waals surface area contributed by atoms with Crippen molar-refractivity contribution in [1.29, 1.82) is 0 Å². The molecule has 1 amide bonds. The molecule has 0 unspecified atom stereocenters. The van der Waals surface area contributed by atoms with Crippen molar-refractivity contribution in [3.05, 3.63) is 66.0 Å². The minimum atomic E-state index is -1.02. The Bertz CT molecular complexity index is 765. The average Bonchev–Trinajstić information content (AvgIpc) is 2.87. The van der Waals surface area contributed by atoms with Crippen LogP contribution in [0.15, 0.2) is 48.7 Å². The van der Waals surface area contributed by atoms with Crippen molar-refractivity contribution in [2.45, 2.75) is 0 Å². The zero-order valence-corrected chi connectivity index (χ0v) is 10.2. The molecule has 0 atom stereocenters. The SMILES string of the molecule is O=C(Nc1ccc(F)c(F)c1)c1cc2ccccn2n1. The van der Waals surface area contributed by atoms with Crippen LogP contribution < -0.4 is 5.32 Å². The van der Waals surface area contributed by atoms with E-state index in [0.29, 0.717) is 0 Å². The summed E-state index contributed by atoms with van der Waals surface area (Å²) in [6.45, 7) is 0. The standard InChI is InChI=1S/C14H9F2N3O/c15-11-5-4-9(7-12(11)16)17-14(20)13-8-10-3-1-2-6-19(10)18-13/h1-8H,(H,17,20). The van der Waals surface area contributed by atoms with Crippen molar-refractivity contribution in [3.63, 3.8) is 0 Å². The molecule has 0 aliphatic carbocycles. The number of anilines is 1. The lowest BCUT2D eigenvalue weighted by Gasteiger charge is -2.03. The molecule has 0 saturated heterocycles. The van der Waals surface area contributed by atoms with E-state index in [9.17, 15) is 13.6 Å². The molecule has 4 nitrogen and oxygen atoms in total. The van der Waals surface area contributed by atoms with Crippen molar-refractivity contribution in [2.24, 2.45) is 0 Å². The molecule has 0 aliphatic rings. The summed E-state index contributed by atoms with van der Waals surface area (Å²) in [5.74, 6) is -2.46. The van der Waals surface area contributed by atoms with Crippen molar-refractivity contribution >= 4 is 17.1 Å². The van der Waals surface area contributed by atoms with Gasteiger partial charge in [-0.05, 0) is 30.3 Å². The van der Waals surface area contributed by atoms with Crippen LogP contribution >= 0.6 is 0 Å². The zero-order chi connectivity index (χ0) is 14.1. The van der Waals surface area contributed by atoms with Gasteiger partial charge in [-0.1, -0.05) is 6.07 Å². The van der Waals surface area contributed by atoms with Gasteiger partial charge in [-0.2, -0.15) is 5.10 Å². The predicted octanol–water partition coefficient (Wildman–Crippen LogP) is 2.86. The summed E-state index contributed by atoms with van der Waals surface area (Å²) in [7, 11) is 0. The first-order valence-electron chi connectivity index (χ1n) is 5.84. The largest absolute Gasteiger partial charge is 0.320 e. The van der Waals surface area contributed by atoms with E-state index in [-0.39, 0.29) is 11.4 Å². The number of nitrogens with zero attached hydrogens (tertiary/aromatic N) is 2. The van der Waals surface area contributed by atoms with Crippen LogP contribution in [0.2, 0.25) is 0 Å². The van der Waals surface area contributed by atoms with E-state index in [1.165, 1.54) is 6.07 Å². The molecule has 20 heavy (non-hydrogen) atoms. The molecule has 100 valence electrons. The second-order valence-corrected chi connectivity index (χ2v) is 4.18. The quantitative estimate of drug-likeness (QED) is 0.780. The highest BCUT2D eigenvalue weighted by molar-refractivity contribution is 6.03. The molecular weight excluding hydrogens is 264 g/mol. The smallest absolute Gasteiger partial charge is 0.276 e. The second kappa shape index (κ2) is 4.73. The Balaban J connectivity index is 1.86. The molecule has 0 radical (unpaired) electrons. The Morgan fingerprint density at radius 1 is 1.10 bits per heavy atom. The molecule has 3 rings (SSSR count). The third-order valence-corrected chi connectivity index (χ3v) is 2.78. The summed E-state index contributed by atoms with van der Waals surface area (Å²) < 4.78 is 27.4. The number of benzene rings is 1. The van der Waals surface area contributed by atoms with Gasteiger partial charge in [-0.3, -0.25) is 4.79 Å². The van der Waals surface area contributed by atoms with Gasteiger partial charge in [0.1, 0.15) is 0 Å². The van der Waals surface area contributed by atoms with Crippen molar-refractivity contribution in [3.8, 4) is 0 Å². The van der Waals surface area contributed by atoms with Gasteiger partial charge in [0.2, 0.25) is 0 Å². The van der Waals surface area contributed by atoms with E-state index >= 15 is 0 Å². The number of nitrogens with one attached hydrogen (secondary N) is 1. The Morgan fingerprint density at radius 3 is 2.70 bits per heavy atom. The van der Waals surface area contributed by atoms with Gasteiger partial charge in [0.05, 0.1) is 5.52 Å². The molecule has 0 spiro atoms. The topological polar surface area (TPSA) is 46.4 Å². The monoisotopic (exact) mass is 273 g/mol. The second-order valence-electron chi connectivity index (χ2n) is 4.18. The maximum absolute atomic E-state index is 13.1. The highest BCUT2D eigenvalue weighted by Gasteiger charge is 2.12. The lowest BCUT2D eigenvalue weighted by atomic mass is 10.3. The number of fused-ring (bicyclic) bond motifs is 1. The molecule has 0 fully saturated rings. The van der Waals surface area contributed by atoms with E-state index in [0.717, 1.165) is 17.6 Å². The fourth-order valence-corrected chi connectivity index (χ4v) is 1.82. The van der Waals surface area contributed by atoms with Crippen LogP contribution in [0.3, 0.4) is 0 Å². The Hall–Kier alpha value is -2.76. The van der Waals surface area contributed by atoms with E-state index in [1.54, 1.807) is 28.9 Å². The van der Waals surface area contributed by atoms with Crippen LogP contribution in [0.25, 0.3) is 5.52 Å². The van der Waals surface area contributed by atoms with Crippen molar-refractivity contribution < 1.29 is 13.6 Å². The molecule has 1 N–H and O–H groups in total.